The molecule has 3 aromatic rings. The first-order valence-corrected chi connectivity index (χ1v) is 6.89. The molecule has 0 fully saturated rings. The molecule has 5 heteroatoms. The third-order valence-electron chi connectivity index (χ3n) is 2.97. The van der Waals surface area contributed by atoms with E-state index in [0.717, 1.165) is 0 Å². The maximum atomic E-state index is 11.8. The van der Waals surface area contributed by atoms with Crippen LogP contribution < -0.4 is 0 Å². The molecule has 0 atom stereocenters. The number of carbonyl (C=O) groups excluding carboxylic acids is 1. The fourth-order valence-corrected chi connectivity index (χ4v) is 2.18. The molecule has 0 aliphatic rings. The van der Waals surface area contributed by atoms with E-state index in [2.05, 4.69) is 4.98 Å². The fourth-order valence-electron chi connectivity index (χ4n) is 2.02. The van der Waals surface area contributed by atoms with Gasteiger partial charge in [-0.2, -0.15) is 0 Å². The van der Waals surface area contributed by atoms with E-state index in [1.54, 1.807) is 43.3 Å². The van der Waals surface area contributed by atoms with Gasteiger partial charge in [-0.1, -0.05) is 17.7 Å². The minimum absolute atomic E-state index is 0.338. The lowest BCUT2D eigenvalue weighted by Crippen LogP contribution is -2.04. The van der Waals surface area contributed by atoms with Gasteiger partial charge in [0.2, 0.25) is 5.89 Å². The second-order valence-corrected chi connectivity index (χ2v) is 4.87. The summed E-state index contributed by atoms with van der Waals surface area (Å²) in [6, 6.07) is 12.2. The molecule has 0 saturated carbocycles. The third-order valence-corrected chi connectivity index (χ3v) is 3.21. The van der Waals surface area contributed by atoms with Crippen LogP contribution in [-0.4, -0.2) is 17.6 Å². The average Bonchev–Trinajstić information content (AvgIpc) is 2.90. The average molecular weight is 302 g/mol. The van der Waals surface area contributed by atoms with Crippen molar-refractivity contribution < 1.29 is 13.9 Å². The Balaban J connectivity index is 2.02. The van der Waals surface area contributed by atoms with Crippen LogP contribution in [0.1, 0.15) is 17.3 Å². The summed E-state index contributed by atoms with van der Waals surface area (Å²) in [5.41, 5.74) is 2.51. The van der Waals surface area contributed by atoms with Crippen LogP contribution in [0.15, 0.2) is 46.9 Å². The quantitative estimate of drug-likeness (QED) is 0.676. The van der Waals surface area contributed by atoms with Crippen molar-refractivity contribution in [3.63, 3.8) is 0 Å². The molecule has 4 nitrogen and oxygen atoms in total. The fraction of sp³-hybridized carbons (Fsp3) is 0.125. The first-order valence-electron chi connectivity index (χ1n) is 6.51. The highest BCUT2D eigenvalue weighted by Gasteiger charge is 2.12. The van der Waals surface area contributed by atoms with Crippen molar-refractivity contribution in [2.45, 2.75) is 6.92 Å². The number of ether oxygens (including phenoxy) is 1. The molecular weight excluding hydrogens is 290 g/mol. The van der Waals surface area contributed by atoms with Crippen molar-refractivity contribution in [1.82, 2.24) is 4.98 Å². The molecule has 0 bridgehead atoms. The molecule has 3 rings (SSSR count). The van der Waals surface area contributed by atoms with E-state index in [4.69, 9.17) is 20.8 Å². The first kappa shape index (κ1) is 13.6. The van der Waals surface area contributed by atoms with Crippen LogP contribution in [0.3, 0.4) is 0 Å². The minimum Gasteiger partial charge on any atom is -0.462 e. The number of rotatable bonds is 3. The largest absolute Gasteiger partial charge is 0.462 e. The van der Waals surface area contributed by atoms with E-state index >= 15 is 0 Å². The molecule has 0 unspecified atom stereocenters. The molecule has 0 amide bonds. The number of oxazole rings is 1. The third kappa shape index (κ3) is 2.76. The van der Waals surface area contributed by atoms with Gasteiger partial charge < -0.3 is 9.15 Å². The molecular formula is C16H12ClNO3. The van der Waals surface area contributed by atoms with Crippen LogP contribution >= 0.6 is 11.6 Å². The highest BCUT2D eigenvalue weighted by Crippen LogP contribution is 2.26. The van der Waals surface area contributed by atoms with Crippen LogP contribution in [0.5, 0.6) is 0 Å². The Morgan fingerprint density at radius 1 is 1.29 bits per heavy atom. The highest BCUT2D eigenvalue weighted by atomic mass is 35.5. The lowest BCUT2D eigenvalue weighted by molar-refractivity contribution is 0.0526. The van der Waals surface area contributed by atoms with Crippen LogP contribution in [0, 0.1) is 0 Å². The van der Waals surface area contributed by atoms with Gasteiger partial charge in [0.1, 0.15) is 5.52 Å². The Morgan fingerprint density at radius 3 is 2.95 bits per heavy atom. The number of aromatic nitrogens is 1. The van der Waals surface area contributed by atoms with E-state index in [-0.39, 0.29) is 5.97 Å². The smallest absolute Gasteiger partial charge is 0.338 e. The lowest BCUT2D eigenvalue weighted by atomic mass is 10.1. The van der Waals surface area contributed by atoms with Crippen molar-refractivity contribution in [2.75, 3.05) is 6.61 Å². The Morgan fingerprint density at radius 2 is 2.14 bits per heavy atom. The van der Waals surface area contributed by atoms with Gasteiger partial charge in [-0.05, 0) is 43.3 Å². The number of hydrogen-bond acceptors (Lipinski definition) is 4. The van der Waals surface area contributed by atoms with Crippen molar-refractivity contribution in [3.05, 3.63) is 53.1 Å². The number of esters is 1. The molecule has 2 aromatic carbocycles. The van der Waals surface area contributed by atoms with E-state index in [1.807, 2.05) is 6.07 Å². The molecule has 0 spiro atoms. The van der Waals surface area contributed by atoms with Gasteiger partial charge in [-0.25, -0.2) is 9.78 Å². The second kappa shape index (κ2) is 5.58. The van der Waals surface area contributed by atoms with Gasteiger partial charge in [0, 0.05) is 10.6 Å². The van der Waals surface area contributed by atoms with E-state index in [9.17, 15) is 4.79 Å². The molecule has 0 aliphatic carbocycles. The number of hydrogen-bond donors (Lipinski definition) is 0. The number of nitrogens with zero attached hydrogens (tertiary/aromatic N) is 1. The molecule has 0 aliphatic heterocycles. The summed E-state index contributed by atoms with van der Waals surface area (Å²) < 4.78 is 10.7. The van der Waals surface area contributed by atoms with E-state index < -0.39 is 0 Å². The zero-order valence-corrected chi connectivity index (χ0v) is 12.1. The molecule has 0 saturated heterocycles. The van der Waals surface area contributed by atoms with Gasteiger partial charge >= 0.3 is 5.97 Å². The number of halogens is 1. The predicted molar refractivity (Wildman–Crippen MR) is 80.4 cm³/mol. The number of benzene rings is 2. The van der Waals surface area contributed by atoms with Crippen molar-refractivity contribution in [1.29, 1.82) is 0 Å². The summed E-state index contributed by atoms with van der Waals surface area (Å²) in [4.78, 5) is 16.1. The summed E-state index contributed by atoms with van der Waals surface area (Å²) in [6.45, 7) is 2.11. The zero-order chi connectivity index (χ0) is 14.8. The zero-order valence-electron chi connectivity index (χ0n) is 11.3. The monoisotopic (exact) mass is 301 g/mol. The van der Waals surface area contributed by atoms with E-state index in [0.29, 0.717) is 39.7 Å². The van der Waals surface area contributed by atoms with Crippen LogP contribution in [0.4, 0.5) is 0 Å². The van der Waals surface area contributed by atoms with Crippen LogP contribution in [-0.2, 0) is 4.74 Å². The molecule has 1 heterocycles. The first-order chi connectivity index (χ1) is 10.2. The maximum Gasteiger partial charge on any atom is 0.338 e. The molecule has 0 radical (unpaired) electrons. The van der Waals surface area contributed by atoms with Crippen molar-refractivity contribution >= 4 is 28.7 Å². The normalized spacial score (nSPS) is 10.8. The Kier molecular flexibility index (Phi) is 3.62. The van der Waals surface area contributed by atoms with Crippen LogP contribution in [0.25, 0.3) is 22.6 Å². The van der Waals surface area contributed by atoms with Crippen molar-refractivity contribution in [2.24, 2.45) is 0 Å². The topological polar surface area (TPSA) is 52.3 Å². The lowest BCUT2D eigenvalue weighted by Gasteiger charge is -2.02. The Hall–Kier alpha value is -2.33. The summed E-state index contributed by atoms with van der Waals surface area (Å²) in [6.07, 6.45) is 0. The summed E-state index contributed by atoms with van der Waals surface area (Å²) in [7, 11) is 0. The SMILES string of the molecule is CCOC(=O)c1cccc(-c2nc3cc(Cl)ccc3o2)c1. The van der Waals surface area contributed by atoms with Gasteiger partial charge in [-0.3, -0.25) is 0 Å². The van der Waals surface area contributed by atoms with Gasteiger partial charge in [0.05, 0.1) is 12.2 Å². The summed E-state index contributed by atoms with van der Waals surface area (Å²) in [5.74, 6) is 0.0805. The van der Waals surface area contributed by atoms with Gasteiger partial charge in [-0.15, -0.1) is 0 Å². The number of carbonyl (C=O) groups is 1. The van der Waals surface area contributed by atoms with E-state index in [1.165, 1.54) is 0 Å². The highest BCUT2D eigenvalue weighted by molar-refractivity contribution is 6.31. The summed E-state index contributed by atoms with van der Waals surface area (Å²) in [5, 5.41) is 0.600. The molecule has 106 valence electrons. The molecule has 21 heavy (non-hydrogen) atoms. The second-order valence-electron chi connectivity index (χ2n) is 4.43. The van der Waals surface area contributed by atoms with Gasteiger partial charge in [0.25, 0.3) is 0 Å². The maximum absolute atomic E-state index is 11.8. The van der Waals surface area contributed by atoms with Crippen molar-refractivity contribution in [3.8, 4) is 11.5 Å². The number of fused-ring (bicyclic) bond motifs is 1. The Labute approximate surface area is 126 Å². The Bertz CT molecular complexity index is 810. The van der Waals surface area contributed by atoms with Crippen LogP contribution in [0.2, 0.25) is 5.02 Å². The minimum atomic E-state index is -0.362. The predicted octanol–water partition coefficient (Wildman–Crippen LogP) is 4.32. The van der Waals surface area contributed by atoms with Gasteiger partial charge in [0.15, 0.2) is 5.58 Å². The molecule has 0 N–H and O–H groups in total. The molecule has 1 aromatic heterocycles. The standard InChI is InChI=1S/C16H12ClNO3/c1-2-20-16(19)11-5-3-4-10(8-11)15-18-13-9-12(17)6-7-14(13)21-15/h3-9H,2H2,1H3. The summed E-state index contributed by atoms with van der Waals surface area (Å²) >= 11 is 5.93.